The Morgan fingerprint density at radius 2 is 1.75 bits per heavy atom. The van der Waals surface area contributed by atoms with Gasteiger partial charge in [0.05, 0.1) is 17.6 Å². The van der Waals surface area contributed by atoms with Crippen LogP contribution in [0.4, 0.5) is 11.4 Å². The molecule has 1 amide bonds. The third kappa shape index (κ3) is 7.18. The maximum absolute atomic E-state index is 11.9. The van der Waals surface area contributed by atoms with Crippen LogP contribution in [0.2, 0.25) is 0 Å². The first-order valence-corrected chi connectivity index (χ1v) is 14.0. The van der Waals surface area contributed by atoms with Gasteiger partial charge in [-0.3, -0.25) is 9.69 Å². The number of anilines is 2. The van der Waals surface area contributed by atoms with Gasteiger partial charge in [-0.05, 0) is 62.3 Å². The van der Waals surface area contributed by atoms with Crippen LogP contribution in [0.25, 0.3) is 0 Å². The number of unbranched alkanes of at least 4 members (excludes halogenated alkanes) is 1. The SMILES string of the molecule is CC(=O)Nc1ccc(C2CCCCC2)c(C)c1N1CCN(CCCCNS(C)(=O)=O)CC1. The summed E-state index contributed by atoms with van der Waals surface area (Å²) in [6.45, 7) is 9.12. The first-order valence-electron chi connectivity index (χ1n) is 12.1. The number of sulfonamides is 1. The van der Waals surface area contributed by atoms with Crippen LogP contribution in [-0.4, -0.2) is 64.7 Å². The van der Waals surface area contributed by atoms with Crippen molar-refractivity contribution in [2.75, 3.05) is 55.7 Å². The largest absolute Gasteiger partial charge is 0.367 e. The lowest BCUT2D eigenvalue weighted by molar-refractivity contribution is -0.114. The van der Waals surface area contributed by atoms with Gasteiger partial charge >= 0.3 is 0 Å². The smallest absolute Gasteiger partial charge is 0.221 e. The summed E-state index contributed by atoms with van der Waals surface area (Å²) in [6, 6.07) is 4.34. The molecule has 2 fully saturated rings. The third-order valence-electron chi connectivity index (χ3n) is 6.78. The van der Waals surface area contributed by atoms with Gasteiger partial charge in [0.15, 0.2) is 0 Å². The quantitative estimate of drug-likeness (QED) is 0.547. The van der Waals surface area contributed by atoms with E-state index >= 15 is 0 Å². The van der Waals surface area contributed by atoms with Gasteiger partial charge in [0.25, 0.3) is 0 Å². The normalized spacial score (nSPS) is 18.7. The lowest BCUT2D eigenvalue weighted by Gasteiger charge is -2.38. The third-order valence-corrected chi connectivity index (χ3v) is 7.51. The standard InChI is InChI=1S/C24H40N4O3S/c1-19-22(21-9-5-4-6-10-21)11-12-23(26-20(2)29)24(19)28-17-15-27(16-18-28)14-8-7-13-25-32(3,30)31/h11-12,21,25H,4-10,13-18H2,1-3H3,(H,26,29). The number of nitrogens with one attached hydrogen (secondary N) is 2. The minimum Gasteiger partial charge on any atom is -0.367 e. The van der Waals surface area contributed by atoms with E-state index in [9.17, 15) is 13.2 Å². The molecule has 3 rings (SSSR count). The molecule has 2 aliphatic rings. The van der Waals surface area contributed by atoms with Crippen LogP contribution < -0.4 is 14.9 Å². The Bertz CT molecular complexity index is 873. The second kappa shape index (κ2) is 11.5. The van der Waals surface area contributed by atoms with Gasteiger partial charge in [0.2, 0.25) is 15.9 Å². The summed E-state index contributed by atoms with van der Waals surface area (Å²) in [5.74, 6) is 0.605. The zero-order chi connectivity index (χ0) is 23.1. The maximum atomic E-state index is 11.9. The predicted molar refractivity (Wildman–Crippen MR) is 132 cm³/mol. The van der Waals surface area contributed by atoms with Crippen LogP contribution in [0, 0.1) is 6.92 Å². The summed E-state index contributed by atoms with van der Waals surface area (Å²) < 4.78 is 24.9. The van der Waals surface area contributed by atoms with Crippen LogP contribution in [0.5, 0.6) is 0 Å². The molecule has 0 aromatic heterocycles. The molecule has 1 aliphatic heterocycles. The first kappa shape index (κ1) is 25.0. The summed E-state index contributed by atoms with van der Waals surface area (Å²) in [7, 11) is -3.10. The van der Waals surface area contributed by atoms with Gasteiger partial charge in [-0.15, -0.1) is 0 Å². The Morgan fingerprint density at radius 1 is 1.06 bits per heavy atom. The van der Waals surface area contributed by atoms with Crippen molar-refractivity contribution in [3.8, 4) is 0 Å². The zero-order valence-electron chi connectivity index (χ0n) is 20.0. The number of amides is 1. The number of rotatable bonds is 9. The summed E-state index contributed by atoms with van der Waals surface area (Å²) in [6.07, 6.45) is 9.53. The minimum atomic E-state index is -3.10. The van der Waals surface area contributed by atoms with Crippen LogP contribution >= 0.6 is 0 Å². The van der Waals surface area contributed by atoms with E-state index in [1.807, 2.05) is 0 Å². The molecule has 1 aliphatic carbocycles. The topological polar surface area (TPSA) is 81.8 Å². The van der Waals surface area contributed by atoms with E-state index in [0.29, 0.717) is 12.5 Å². The molecule has 1 aromatic carbocycles. The van der Waals surface area contributed by atoms with Crippen molar-refractivity contribution in [1.82, 2.24) is 9.62 Å². The summed E-state index contributed by atoms with van der Waals surface area (Å²) in [4.78, 5) is 16.7. The minimum absolute atomic E-state index is 0.0302. The molecule has 180 valence electrons. The van der Waals surface area contributed by atoms with E-state index in [0.717, 1.165) is 51.3 Å². The second-order valence-electron chi connectivity index (χ2n) is 9.39. The summed E-state index contributed by atoms with van der Waals surface area (Å²) in [5, 5.41) is 3.06. The van der Waals surface area contributed by atoms with E-state index in [1.54, 1.807) is 6.92 Å². The Balaban J connectivity index is 1.63. The van der Waals surface area contributed by atoms with Crippen LogP contribution in [0.15, 0.2) is 12.1 Å². The molecule has 2 N–H and O–H groups in total. The maximum Gasteiger partial charge on any atom is 0.221 e. The molecule has 0 unspecified atom stereocenters. The molecule has 1 saturated heterocycles. The van der Waals surface area contributed by atoms with Crippen molar-refractivity contribution < 1.29 is 13.2 Å². The zero-order valence-corrected chi connectivity index (χ0v) is 20.8. The number of benzene rings is 1. The fraction of sp³-hybridized carbons (Fsp3) is 0.708. The van der Waals surface area contributed by atoms with Gasteiger partial charge in [0.1, 0.15) is 0 Å². The molecule has 0 atom stereocenters. The fourth-order valence-electron chi connectivity index (χ4n) is 5.18. The lowest BCUT2D eigenvalue weighted by Crippen LogP contribution is -2.47. The number of piperazine rings is 1. The van der Waals surface area contributed by atoms with Gasteiger partial charge in [-0.2, -0.15) is 0 Å². The first-order chi connectivity index (χ1) is 15.2. The van der Waals surface area contributed by atoms with E-state index in [1.165, 1.54) is 55.2 Å². The Labute approximate surface area is 194 Å². The number of hydrogen-bond donors (Lipinski definition) is 2. The molecular weight excluding hydrogens is 424 g/mol. The second-order valence-corrected chi connectivity index (χ2v) is 11.2. The lowest BCUT2D eigenvalue weighted by atomic mass is 9.81. The van der Waals surface area contributed by atoms with E-state index in [4.69, 9.17) is 0 Å². The number of nitrogens with zero attached hydrogens (tertiary/aromatic N) is 2. The highest BCUT2D eigenvalue weighted by Crippen LogP contribution is 2.40. The molecule has 1 heterocycles. The van der Waals surface area contributed by atoms with Gasteiger partial charge in [0, 0.05) is 39.6 Å². The summed E-state index contributed by atoms with van der Waals surface area (Å²) >= 11 is 0. The monoisotopic (exact) mass is 464 g/mol. The molecular formula is C24H40N4O3S. The highest BCUT2D eigenvalue weighted by Gasteiger charge is 2.25. The molecule has 0 spiro atoms. The van der Waals surface area contributed by atoms with Crippen molar-refractivity contribution in [2.24, 2.45) is 0 Å². The average Bonchev–Trinajstić information content (AvgIpc) is 2.74. The Morgan fingerprint density at radius 3 is 2.38 bits per heavy atom. The van der Waals surface area contributed by atoms with Crippen molar-refractivity contribution in [3.63, 3.8) is 0 Å². The van der Waals surface area contributed by atoms with Crippen molar-refractivity contribution in [3.05, 3.63) is 23.3 Å². The number of carbonyl (C=O) groups is 1. The molecule has 0 radical (unpaired) electrons. The molecule has 7 nitrogen and oxygen atoms in total. The van der Waals surface area contributed by atoms with Crippen molar-refractivity contribution >= 4 is 27.3 Å². The molecule has 32 heavy (non-hydrogen) atoms. The summed E-state index contributed by atoms with van der Waals surface area (Å²) in [5.41, 5.74) is 4.90. The molecule has 1 aromatic rings. The van der Waals surface area contributed by atoms with Crippen LogP contribution in [-0.2, 0) is 14.8 Å². The number of hydrogen-bond acceptors (Lipinski definition) is 5. The van der Waals surface area contributed by atoms with E-state index in [2.05, 4.69) is 38.9 Å². The van der Waals surface area contributed by atoms with E-state index in [-0.39, 0.29) is 5.91 Å². The average molecular weight is 465 g/mol. The number of carbonyl (C=O) groups excluding carboxylic acids is 1. The predicted octanol–water partition coefficient (Wildman–Crippen LogP) is 3.45. The van der Waals surface area contributed by atoms with Gasteiger partial charge < -0.3 is 10.2 Å². The molecule has 8 heteroatoms. The highest BCUT2D eigenvalue weighted by atomic mass is 32.2. The van der Waals surface area contributed by atoms with Gasteiger partial charge in [-0.1, -0.05) is 25.3 Å². The van der Waals surface area contributed by atoms with Gasteiger partial charge in [-0.25, -0.2) is 13.1 Å². The Kier molecular flexibility index (Phi) is 8.96. The molecule has 0 bridgehead atoms. The van der Waals surface area contributed by atoms with Crippen molar-refractivity contribution in [2.45, 2.75) is 64.7 Å². The van der Waals surface area contributed by atoms with Crippen molar-refractivity contribution in [1.29, 1.82) is 0 Å². The fourth-order valence-corrected chi connectivity index (χ4v) is 5.70. The molecule has 1 saturated carbocycles. The van der Waals surface area contributed by atoms with E-state index < -0.39 is 10.0 Å². The highest BCUT2D eigenvalue weighted by molar-refractivity contribution is 7.88. The van der Waals surface area contributed by atoms with Crippen LogP contribution in [0.3, 0.4) is 0 Å². The van der Waals surface area contributed by atoms with Crippen LogP contribution in [0.1, 0.15) is 68.9 Å². The Hall–Kier alpha value is -1.64.